The van der Waals surface area contributed by atoms with Gasteiger partial charge in [-0.15, -0.1) is 0 Å². The van der Waals surface area contributed by atoms with Crippen molar-refractivity contribution in [3.05, 3.63) is 29.8 Å². The number of carbonyl (C=O) groups excluding carboxylic acids is 1. The fourth-order valence-electron chi connectivity index (χ4n) is 1.54. The van der Waals surface area contributed by atoms with Crippen LogP contribution in [0.3, 0.4) is 0 Å². The van der Waals surface area contributed by atoms with E-state index >= 15 is 0 Å². The second-order valence-electron chi connectivity index (χ2n) is 3.12. The molecule has 4 nitrogen and oxygen atoms in total. The lowest BCUT2D eigenvalue weighted by Crippen LogP contribution is -1.86. The van der Waals surface area contributed by atoms with Gasteiger partial charge in [0.1, 0.15) is 0 Å². The van der Waals surface area contributed by atoms with Crippen LogP contribution >= 0.6 is 0 Å². The third kappa shape index (κ3) is 1.19. The van der Waals surface area contributed by atoms with Crippen LogP contribution in [-0.2, 0) is 0 Å². The molecule has 0 aromatic heterocycles. The molecule has 0 aliphatic carbocycles. The molecule has 0 aliphatic heterocycles. The Balaban J connectivity index is 3.04. The average molecular weight is 204 g/mol. The molecule has 0 bridgehead atoms. The molecule has 15 heavy (non-hydrogen) atoms. The quantitative estimate of drug-likeness (QED) is 0.488. The first-order valence-electron chi connectivity index (χ1n) is 4.27. The Morgan fingerprint density at radius 3 is 2.07 bits per heavy atom. The van der Waals surface area contributed by atoms with E-state index in [9.17, 15) is 20.1 Å². The van der Waals surface area contributed by atoms with Gasteiger partial charge in [0.2, 0.25) is 5.75 Å². The fraction of sp³-hybridized carbons (Fsp3) is 0. The van der Waals surface area contributed by atoms with Crippen LogP contribution in [0.4, 0.5) is 0 Å². The summed E-state index contributed by atoms with van der Waals surface area (Å²) in [6.07, 6.45) is 0.441. The SMILES string of the molecule is O=Cc1c(O)c(O)c(O)c2ccccc12. The summed E-state index contributed by atoms with van der Waals surface area (Å²) in [7, 11) is 0. The second kappa shape index (κ2) is 3.16. The van der Waals surface area contributed by atoms with Gasteiger partial charge >= 0.3 is 0 Å². The molecule has 3 N–H and O–H groups in total. The van der Waals surface area contributed by atoms with Gasteiger partial charge in [0.05, 0.1) is 5.56 Å². The lowest BCUT2D eigenvalue weighted by atomic mass is 10.0. The number of phenolic OH excluding ortho intramolecular Hbond substituents is 3. The lowest BCUT2D eigenvalue weighted by molar-refractivity contribution is 0.112. The zero-order chi connectivity index (χ0) is 11.0. The van der Waals surface area contributed by atoms with Crippen LogP contribution in [0.5, 0.6) is 17.2 Å². The summed E-state index contributed by atoms with van der Waals surface area (Å²) >= 11 is 0. The van der Waals surface area contributed by atoms with Crippen molar-refractivity contribution in [1.29, 1.82) is 0 Å². The molecule has 0 heterocycles. The minimum Gasteiger partial charge on any atom is -0.504 e. The van der Waals surface area contributed by atoms with Crippen LogP contribution in [0.1, 0.15) is 10.4 Å². The summed E-state index contributed by atoms with van der Waals surface area (Å²) in [5.74, 6) is -1.69. The normalized spacial score (nSPS) is 10.4. The first kappa shape index (κ1) is 9.33. The van der Waals surface area contributed by atoms with Crippen molar-refractivity contribution in [2.24, 2.45) is 0 Å². The highest BCUT2D eigenvalue weighted by atomic mass is 16.3. The third-order valence-electron chi connectivity index (χ3n) is 2.29. The Morgan fingerprint density at radius 1 is 0.867 bits per heavy atom. The Morgan fingerprint density at radius 2 is 1.47 bits per heavy atom. The van der Waals surface area contributed by atoms with Gasteiger partial charge in [0, 0.05) is 5.39 Å². The van der Waals surface area contributed by atoms with Crippen LogP contribution in [-0.4, -0.2) is 21.6 Å². The molecule has 0 saturated heterocycles. The van der Waals surface area contributed by atoms with Crippen molar-refractivity contribution in [3.8, 4) is 17.2 Å². The highest BCUT2D eigenvalue weighted by Crippen LogP contribution is 2.43. The van der Waals surface area contributed by atoms with Crippen LogP contribution in [0.25, 0.3) is 10.8 Å². The summed E-state index contributed by atoms with van der Waals surface area (Å²) in [5.41, 5.74) is -0.0269. The Bertz CT molecular complexity index is 546. The highest BCUT2D eigenvalue weighted by Gasteiger charge is 2.16. The lowest BCUT2D eigenvalue weighted by Gasteiger charge is -2.08. The number of fused-ring (bicyclic) bond motifs is 1. The van der Waals surface area contributed by atoms with E-state index in [1.807, 2.05) is 0 Å². The minimum absolute atomic E-state index is 0.0269. The summed E-state index contributed by atoms with van der Waals surface area (Å²) in [4.78, 5) is 10.8. The molecule has 0 atom stereocenters. The third-order valence-corrected chi connectivity index (χ3v) is 2.29. The largest absolute Gasteiger partial charge is 0.504 e. The summed E-state index contributed by atoms with van der Waals surface area (Å²) in [5, 5.41) is 29.1. The molecule has 0 unspecified atom stereocenters. The van der Waals surface area contributed by atoms with Crippen molar-refractivity contribution in [3.63, 3.8) is 0 Å². The number of aromatic hydroxyl groups is 3. The van der Waals surface area contributed by atoms with Crippen molar-refractivity contribution in [1.82, 2.24) is 0 Å². The van der Waals surface area contributed by atoms with E-state index < -0.39 is 17.2 Å². The molecule has 0 fully saturated rings. The maximum atomic E-state index is 10.8. The fourth-order valence-corrected chi connectivity index (χ4v) is 1.54. The Hall–Kier alpha value is -2.23. The van der Waals surface area contributed by atoms with Gasteiger partial charge in [-0.3, -0.25) is 4.79 Å². The number of carbonyl (C=O) groups is 1. The number of phenols is 3. The highest BCUT2D eigenvalue weighted by molar-refractivity contribution is 6.05. The van der Waals surface area contributed by atoms with E-state index in [1.54, 1.807) is 24.3 Å². The topological polar surface area (TPSA) is 77.8 Å². The van der Waals surface area contributed by atoms with E-state index in [0.717, 1.165) is 0 Å². The van der Waals surface area contributed by atoms with Gasteiger partial charge in [-0.2, -0.15) is 0 Å². The van der Waals surface area contributed by atoms with E-state index in [0.29, 0.717) is 17.1 Å². The van der Waals surface area contributed by atoms with Gasteiger partial charge in [0.25, 0.3) is 0 Å². The van der Waals surface area contributed by atoms with E-state index in [2.05, 4.69) is 0 Å². The van der Waals surface area contributed by atoms with E-state index in [-0.39, 0.29) is 5.56 Å². The van der Waals surface area contributed by atoms with Crippen LogP contribution in [0.15, 0.2) is 24.3 Å². The zero-order valence-corrected chi connectivity index (χ0v) is 7.64. The van der Waals surface area contributed by atoms with Crippen LogP contribution in [0.2, 0.25) is 0 Å². The second-order valence-corrected chi connectivity index (χ2v) is 3.12. The Labute approximate surface area is 85.0 Å². The van der Waals surface area contributed by atoms with Crippen molar-refractivity contribution in [2.45, 2.75) is 0 Å². The smallest absolute Gasteiger partial charge is 0.201 e. The summed E-state index contributed by atoms with van der Waals surface area (Å²) in [6, 6.07) is 6.47. The van der Waals surface area contributed by atoms with Crippen LogP contribution < -0.4 is 0 Å². The predicted octanol–water partition coefficient (Wildman–Crippen LogP) is 1.77. The first-order valence-corrected chi connectivity index (χ1v) is 4.27. The average Bonchev–Trinajstić information content (AvgIpc) is 2.27. The molecule has 2 aromatic carbocycles. The molecular weight excluding hydrogens is 196 g/mol. The van der Waals surface area contributed by atoms with Crippen LogP contribution in [0, 0.1) is 0 Å². The summed E-state index contributed by atoms with van der Waals surface area (Å²) in [6.45, 7) is 0. The molecule has 0 spiro atoms. The maximum Gasteiger partial charge on any atom is 0.201 e. The number of hydrogen-bond donors (Lipinski definition) is 3. The van der Waals surface area contributed by atoms with E-state index in [1.165, 1.54) is 0 Å². The standard InChI is InChI=1S/C11H8O4/c12-5-8-6-3-1-2-4-7(6)9(13)11(15)10(8)14/h1-5,13-15H. The molecule has 0 radical (unpaired) electrons. The molecule has 0 aliphatic rings. The Kier molecular flexibility index (Phi) is 1.97. The monoisotopic (exact) mass is 204 g/mol. The molecular formula is C11H8O4. The molecule has 0 amide bonds. The van der Waals surface area contributed by atoms with Gasteiger partial charge in [0.15, 0.2) is 17.8 Å². The molecule has 2 rings (SSSR count). The molecule has 0 saturated carbocycles. The first-order chi connectivity index (χ1) is 7.16. The van der Waals surface area contributed by atoms with Gasteiger partial charge < -0.3 is 15.3 Å². The van der Waals surface area contributed by atoms with E-state index in [4.69, 9.17) is 0 Å². The predicted molar refractivity (Wildman–Crippen MR) is 54.3 cm³/mol. The molecule has 4 heteroatoms. The van der Waals surface area contributed by atoms with Gasteiger partial charge in [-0.1, -0.05) is 24.3 Å². The van der Waals surface area contributed by atoms with Crippen molar-refractivity contribution < 1.29 is 20.1 Å². The minimum atomic E-state index is -0.671. The number of hydrogen-bond acceptors (Lipinski definition) is 4. The van der Waals surface area contributed by atoms with Gasteiger partial charge in [-0.05, 0) is 5.39 Å². The molecule has 76 valence electrons. The summed E-state index contributed by atoms with van der Waals surface area (Å²) < 4.78 is 0. The number of benzene rings is 2. The van der Waals surface area contributed by atoms with Crippen molar-refractivity contribution >= 4 is 17.1 Å². The maximum absolute atomic E-state index is 10.8. The van der Waals surface area contributed by atoms with Crippen molar-refractivity contribution in [2.75, 3.05) is 0 Å². The number of rotatable bonds is 1. The van der Waals surface area contributed by atoms with Gasteiger partial charge in [-0.25, -0.2) is 0 Å². The zero-order valence-electron chi connectivity index (χ0n) is 7.64. The molecule has 2 aromatic rings. The number of aldehydes is 1.